The first-order chi connectivity index (χ1) is 12.9. The van der Waals surface area contributed by atoms with E-state index in [9.17, 15) is 18.0 Å². The standard InChI is InChI=1S/C20H21NO5S/c1-2-19(22)15-8-10-17(11-9-15)26-20(23)16-6-5-7-18(14-16)27(24,25)21-12-3-4-13-21/h5-11,14H,2-4,12-13H2,1H3. The van der Waals surface area contributed by atoms with Gasteiger partial charge in [0.15, 0.2) is 5.78 Å². The van der Waals surface area contributed by atoms with Crippen molar-refractivity contribution < 1.29 is 22.7 Å². The van der Waals surface area contributed by atoms with E-state index < -0.39 is 16.0 Å². The molecule has 2 aromatic rings. The van der Waals surface area contributed by atoms with Crippen LogP contribution >= 0.6 is 0 Å². The lowest BCUT2D eigenvalue weighted by Gasteiger charge is -2.15. The molecule has 1 saturated heterocycles. The smallest absolute Gasteiger partial charge is 0.343 e. The summed E-state index contributed by atoms with van der Waals surface area (Å²) in [7, 11) is -3.60. The van der Waals surface area contributed by atoms with Crippen molar-refractivity contribution in [2.24, 2.45) is 0 Å². The van der Waals surface area contributed by atoms with Gasteiger partial charge in [0, 0.05) is 25.1 Å². The van der Waals surface area contributed by atoms with Gasteiger partial charge in [0.2, 0.25) is 10.0 Å². The van der Waals surface area contributed by atoms with Crippen molar-refractivity contribution >= 4 is 21.8 Å². The van der Waals surface area contributed by atoms with E-state index in [1.807, 2.05) is 0 Å². The second-order valence-electron chi connectivity index (χ2n) is 6.33. The summed E-state index contributed by atoms with van der Waals surface area (Å²) >= 11 is 0. The Kier molecular flexibility index (Phi) is 5.72. The van der Waals surface area contributed by atoms with Gasteiger partial charge in [0.1, 0.15) is 5.75 Å². The maximum Gasteiger partial charge on any atom is 0.343 e. The first-order valence-corrected chi connectivity index (χ1v) is 10.3. The van der Waals surface area contributed by atoms with Gasteiger partial charge in [-0.05, 0) is 55.3 Å². The second-order valence-corrected chi connectivity index (χ2v) is 8.27. The molecular formula is C20H21NO5S. The zero-order valence-corrected chi connectivity index (χ0v) is 15.9. The van der Waals surface area contributed by atoms with Crippen LogP contribution in [0.3, 0.4) is 0 Å². The molecule has 1 aliphatic heterocycles. The van der Waals surface area contributed by atoms with E-state index in [1.165, 1.54) is 28.6 Å². The Labute approximate surface area is 158 Å². The molecule has 2 aromatic carbocycles. The number of carbonyl (C=O) groups excluding carboxylic acids is 2. The molecule has 0 atom stereocenters. The summed E-state index contributed by atoms with van der Waals surface area (Å²) in [6.07, 6.45) is 2.09. The average Bonchev–Trinajstić information content (AvgIpc) is 3.24. The van der Waals surface area contributed by atoms with E-state index >= 15 is 0 Å². The predicted octanol–water partition coefficient (Wildman–Crippen LogP) is 3.28. The zero-order chi connectivity index (χ0) is 19.4. The van der Waals surface area contributed by atoms with Gasteiger partial charge in [-0.1, -0.05) is 13.0 Å². The monoisotopic (exact) mass is 387 g/mol. The van der Waals surface area contributed by atoms with Gasteiger partial charge in [-0.15, -0.1) is 0 Å². The fourth-order valence-corrected chi connectivity index (χ4v) is 4.50. The number of carbonyl (C=O) groups is 2. The SMILES string of the molecule is CCC(=O)c1ccc(OC(=O)c2cccc(S(=O)(=O)N3CCCC3)c2)cc1. The number of ether oxygens (including phenoxy) is 1. The van der Waals surface area contributed by atoms with Crippen molar-refractivity contribution in [3.05, 3.63) is 59.7 Å². The lowest BCUT2D eigenvalue weighted by atomic mass is 10.1. The fraction of sp³-hybridized carbons (Fsp3) is 0.300. The van der Waals surface area contributed by atoms with Crippen molar-refractivity contribution in [1.82, 2.24) is 4.31 Å². The number of nitrogens with zero attached hydrogens (tertiary/aromatic N) is 1. The third kappa shape index (κ3) is 4.26. The van der Waals surface area contributed by atoms with Crippen LogP contribution in [-0.2, 0) is 10.0 Å². The number of hydrogen-bond acceptors (Lipinski definition) is 5. The molecule has 0 saturated carbocycles. The topological polar surface area (TPSA) is 80.8 Å². The van der Waals surface area contributed by atoms with E-state index in [1.54, 1.807) is 31.2 Å². The molecule has 0 spiro atoms. The molecule has 0 bridgehead atoms. The summed E-state index contributed by atoms with van der Waals surface area (Å²) in [5, 5.41) is 0. The average molecular weight is 387 g/mol. The third-order valence-corrected chi connectivity index (χ3v) is 6.38. The third-order valence-electron chi connectivity index (χ3n) is 4.48. The van der Waals surface area contributed by atoms with Crippen LogP contribution in [-0.4, -0.2) is 37.6 Å². The highest BCUT2D eigenvalue weighted by atomic mass is 32.2. The molecule has 0 aliphatic carbocycles. The zero-order valence-electron chi connectivity index (χ0n) is 15.1. The number of ketones is 1. The summed E-state index contributed by atoms with van der Waals surface area (Å²) in [5.41, 5.74) is 0.708. The molecule has 1 aliphatic rings. The van der Waals surface area contributed by atoms with Crippen LogP contribution in [0.1, 0.15) is 46.9 Å². The van der Waals surface area contributed by atoms with Crippen LogP contribution in [0.15, 0.2) is 53.4 Å². The summed E-state index contributed by atoms with van der Waals surface area (Å²) in [6.45, 7) is 2.78. The van der Waals surface area contributed by atoms with Gasteiger partial charge in [0.25, 0.3) is 0 Å². The van der Waals surface area contributed by atoms with E-state index in [0.29, 0.717) is 30.8 Å². The molecule has 3 rings (SSSR count). The Hall–Kier alpha value is -2.51. The minimum Gasteiger partial charge on any atom is -0.423 e. The Morgan fingerprint density at radius 2 is 1.67 bits per heavy atom. The molecule has 0 radical (unpaired) electrons. The van der Waals surface area contributed by atoms with Gasteiger partial charge in [0.05, 0.1) is 10.5 Å². The normalized spacial score (nSPS) is 14.9. The number of benzene rings is 2. The van der Waals surface area contributed by atoms with Gasteiger partial charge in [-0.3, -0.25) is 4.79 Å². The molecule has 27 heavy (non-hydrogen) atoms. The molecule has 142 valence electrons. The molecule has 6 nitrogen and oxygen atoms in total. The van der Waals surface area contributed by atoms with Crippen molar-refractivity contribution in [3.63, 3.8) is 0 Å². The van der Waals surface area contributed by atoms with Gasteiger partial charge < -0.3 is 4.74 Å². The van der Waals surface area contributed by atoms with E-state index in [4.69, 9.17) is 4.74 Å². The minimum absolute atomic E-state index is 0.00713. The first kappa shape index (κ1) is 19.3. The number of hydrogen-bond donors (Lipinski definition) is 0. The van der Waals surface area contributed by atoms with E-state index in [-0.39, 0.29) is 16.2 Å². The molecule has 0 aromatic heterocycles. The second kappa shape index (κ2) is 8.02. The first-order valence-electron chi connectivity index (χ1n) is 8.87. The van der Waals surface area contributed by atoms with E-state index in [2.05, 4.69) is 0 Å². The highest BCUT2D eigenvalue weighted by molar-refractivity contribution is 7.89. The predicted molar refractivity (Wildman–Crippen MR) is 100 cm³/mol. The summed E-state index contributed by atoms with van der Waals surface area (Å²) in [6, 6.07) is 12.2. The van der Waals surface area contributed by atoms with Crippen LogP contribution < -0.4 is 4.74 Å². The van der Waals surface area contributed by atoms with Crippen molar-refractivity contribution in [2.45, 2.75) is 31.1 Å². The number of sulfonamides is 1. The summed E-state index contributed by atoms with van der Waals surface area (Å²) in [5.74, 6) is -0.351. The lowest BCUT2D eigenvalue weighted by molar-refractivity contribution is 0.0734. The Morgan fingerprint density at radius 1 is 1.00 bits per heavy atom. The van der Waals surface area contributed by atoms with Gasteiger partial charge in [-0.2, -0.15) is 4.31 Å². The quantitative estimate of drug-likeness (QED) is 0.432. The molecular weight excluding hydrogens is 366 g/mol. The van der Waals surface area contributed by atoms with Crippen LogP contribution in [0.25, 0.3) is 0 Å². The van der Waals surface area contributed by atoms with Gasteiger partial charge >= 0.3 is 5.97 Å². The molecule has 1 heterocycles. The van der Waals surface area contributed by atoms with Crippen LogP contribution in [0, 0.1) is 0 Å². The Bertz CT molecular complexity index is 945. The summed E-state index contributed by atoms with van der Waals surface area (Å²) < 4.78 is 32.0. The van der Waals surface area contributed by atoms with E-state index in [0.717, 1.165) is 12.8 Å². The Balaban J connectivity index is 1.76. The van der Waals surface area contributed by atoms with Crippen molar-refractivity contribution in [1.29, 1.82) is 0 Å². The molecule has 1 fully saturated rings. The maximum atomic E-state index is 12.6. The number of esters is 1. The van der Waals surface area contributed by atoms with Crippen LogP contribution in [0.4, 0.5) is 0 Å². The number of Topliss-reactive ketones (excluding diaryl/α,β-unsaturated/α-hetero) is 1. The minimum atomic E-state index is -3.60. The Morgan fingerprint density at radius 3 is 2.30 bits per heavy atom. The van der Waals surface area contributed by atoms with Crippen LogP contribution in [0.2, 0.25) is 0 Å². The van der Waals surface area contributed by atoms with Crippen molar-refractivity contribution in [2.75, 3.05) is 13.1 Å². The molecule has 0 amide bonds. The largest absolute Gasteiger partial charge is 0.423 e. The highest BCUT2D eigenvalue weighted by Gasteiger charge is 2.27. The van der Waals surface area contributed by atoms with Crippen LogP contribution in [0.5, 0.6) is 5.75 Å². The molecule has 0 N–H and O–H groups in total. The lowest BCUT2D eigenvalue weighted by Crippen LogP contribution is -2.28. The fourth-order valence-electron chi connectivity index (χ4n) is 2.94. The molecule has 7 heteroatoms. The summed E-state index contributed by atoms with van der Waals surface area (Å²) in [4.78, 5) is 24.1. The molecule has 0 unspecified atom stereocenters. The highest BCUT2D eigenvalue weighted by Crippen LogP contribution is 2.22. The maximum absolute atomic E-state index is 12.6. The van der Waals surface area contributed by atoms with Crippen molar-refractivity contribution in [3.8, 4) is 5.75 Å². The van der Waals surface area contributed by atoms with Gasteiger partial charge in [-0.25, -0.2) is 13.2 Å². The number of rotatable bonds is 6.